The number of pyridine rings is 1. The van der Waals surface area contributed by atoms with E-state index in [-0.39, 0.29) is 0 Å². The van der Waals surface area contributed by atoms with Crippen molar-refractivity contribution in [2.45, 2.75) is 19.4 Å². The lowest BCUT2D eigenvalue weighted by molar-refractivity contribution is 0.248. The van der Waals surface area contributed by atoms with Crippen molar-refractivity contribution in [2.24, 2.45) is 5.92 Å². The molecule has 1 aromatic rings. The van der Waals surface area contributed by atoms with Crippen molar-refractivity contribution in [3.05, 3.63) is 30.1 Å². The average molecular weight is 219 g/mol. The molecule has 2 unspecified atom stereocenters. The van der Waals surface area contributed by atoms with Crippen LogP contribution in [-0.4, -0.2) is 36.6 Å². The normalized spacial score (nSPS) is 23.5. The zero-order chi connectivity index (χ0) is 11.4. The molecule has 3 nitrogen and oxygen atoms in total. The van der Waals surface area contributed by atoms with E-state index < -0.39 is 0 Å². The number of nitrogens with one attached hydrogen (secondary N) is 1. The molecule has 0 aliphatic carbocycles. The Morgan fingerprint density at radius 1 is 1.56 bits per heavy atom. The lowest BCUT2D eigenvalue weighted by Crippen LogP contribution is -2.27. The highest BCUT2D eigenvalue weighted by molar-refractivity contribution is 5.08. The number of hydrogen-bond acceptors (Lipinski definition) is 3. The summed E-state index contributed by atoms with van der Waals surface area (Å²) in [6.45, 7) is 5.78. The Balaban J connectivity index is 1.94. The third kappa shape index (κ3) is 2.60. The van der Waals surface area contributed by atoms with E-state index in [0.29, 0.717) is 6.04 Å². The van der Waals surface area contributed by atoms with Crippen molar-refractivity contribution in [1.29, 1.82) is 0 Å². The minimum Gasteiger partial charge on any atom is -0.319 e. The maximum atomic E-state index is 4.44. The molecule has 2 atom stereocenters. The average Bonchev–Trinajstić information content (AvgIpc) is 2.78. The first-order chi connectivity index (χ1) is 7.81. The highest BCUT2D eigenvalue weighted by Crippen LogP contribution is 2.25. The molecule has 1 aliphatic heterocycles. The summed E-state index contributed by atoms with van der Waals surface area (Å²) in [7, 11) is 2.03. The molecule has 1 N–H and O–H groups in total. The maximum absolute atomic E-state index is 4.44. The molecule has 88 valence electrons. The zero-order valence-corrected chi connectivity index (χ0v) is 10.2. The number of hydrogen-bond donors (Lipinski definition) is 1. The molecule has 1 saturated heterocycles. The van der Waals surface area contributed by atoms with Crippen molar-refractivity contribution in [3.8, 4) is 0 Å². The molecule has 0 spiro atoms. The highest BCUT2D eigenvalue weighted by atomic mass is 15.2. The minimum absolute atomic E-state index is 0.447. The van der Waals surface area contributed by atoms with Crippen molar-refractivity contribution in [2.75, 3.05) is 26.7 Å². The van der Waals surface area contributed by atoms with Gasteiger partial charge in [0, 0.05) is 18.8 Å². The molecule has 2 heterocycles. The van der Waals surface area contributed by atoms with Crippen LogP contribution >= 0.6 is 0 Å². The molecule has 3 heteroatoms. The predicted octanol–water partition coefficient (Wildman–Crippen LogP) is 1.68. The van der Waals surface area contributed by atoms with E-state index in [0.717, 1.165) is 12.5 Å². The van der Waals surface area contributed by atoms with E-state index in [1.807, 2.05) is 19.3 Å². The molecule has 0 aromatic carbocycles. The minimum atomic E-state index is 0.447. The molecule has 16 heavy (non-hydrogen) atoms. The van der Waals surface area contributed by atoms with E-state index in [2.05, 4.69) is 34.3 Å². The molecule has 0 radical (unpaired) electrons. The van der Waals surface area contributed by atoms with Gasteiger partial charge >= 0.3 is 0 Å². The highest BCUT2D eigenvalue weighted by Gasteiger charge is 2.26. The van der Waals surface area contributed by atoms with Gasteiger partial charge in [0.15, 0.2) is 0 Å². The number of likely N-dealkylation sites (tertiary alicyclic amines) is 1. The van der Waals surface area contributed by atoms with Gasteiger partial charge in [0.05, 0.1) is 5.69 Å². The van der Waals surface area contributed by atoms with Gasteiger partial charge in [0.25, 0.3) is 0 Å². The SMILES string of the molecule is CNCC1CCN(C(C)c2ccccn2)C1. The van der Waals surface area contributed by atoms with Crippen LogP contribution in [0, 0.1) is 5.92 Å². The summed E-state index contributed by atoms with van der Waals surface area (Å²) in [5.74, 6) is 0.802. The van der Waals surface area contributed by atoms with E-state index in [1.54, 1.807) is 0 Å². The van der Waals surface area contributed by atoms with Crippen LogP contribution in [0.25, 0.3) is 0 Å². The maximum Gasteiger partial charge on any atom is 0.0572 e. The van der Waals surface area contributed by atoms with Crippen LogP contribution in [0.15, 0.2) is 24.4 Å². The lowest BCUT2D eigenvalue weighted by Gasteiger charge is -2.23. The second kappa shape index (κ2) is 5.41. The Kier molecular flexibility index (Phi) is 3.91. The van der Waals surface area contributed by atoms with Crippen LogP contribution in [0.4, 0.5) is 0 Å². The third-order valence-electron chi connectivity index (χ3n) is 3.47. The summed E-state index contributed by atoms with van der Waals surface area (Å²) in [6.07, 6.45) is 3.19. The van der Waals surface area contributed by atoms with Gasteiger partial charge in [0.2, 0.25) is 0 Å². The summed E-state index contributed by atoms with van der Waals surface area (Å²) in [6, 6.07) is 6.61. The van der Waals surface area contributed by atoms with Gasteiger partial charge in [0.1, 0.15) is 0 Å². The van der Waals surface area contributed by atoms with Gasteiger partial charge in [-0.1, -0.05) is 6.07 Å². The monoisotopic (exact) mass is 219 g/mol. The second-order valence-electron chi connectivity index (χ2n) is 4.64. The van der Waals surface area contributed by atoms with Crippen LogP contribution < -0.4 is 5.32 Å². The predicted molar refractivity (Wildman–Crippen MR) is 66.3 cm³/mol. The van der Waals surface area contributed by atoms with E-state index in [9.17, 15) is 0 Å². The largest absolute Gasteiger partial charge is 0.319 e. The number of aromatic nitrogens is 1. The molecule has 0 saturated carbocycles. The van der Waals surface area contributed by atoms with Crippen molar-refractivity contribution < 1.29 is 0 Å². The molecule has 0 bridgehead atoms. The first-order valence-corrected chi connectivity index (χ1v) is 6.11. The van der Waals surface area contributed by atoms with Crippen molar-refractivity contribution in [3.63, 3.8) is 0 Å². The fourth-order valence-electron chi connectivity index (χ4n) is 2.48. The van der Waals surface area contributed by atoms with Crippen molar-refractivity contribution in [1.82, 2.24) is 15.2 Å². The summed E-state index contributed by atoms with van der Waals surface area (Å²) in [4.78, 5) is 6.97. The Morgan fingerprint density at radius 2 is 2.44 bits per heavy atom. The van der Waals surface area contributed by atoms with E-state index in [4.69, 9.17) is 0 Å². The molecular formula is C13H21N3. The Bertz CT molecular complexity index is 312. The summed E-state index contributed by atoms with van der Waals surface area (Å²) in [5, 5.41) is 3.27. The summed E-state index contributed by atoms with van der Waals surface area (Å²) in [5.41, 5.74) is 1.19. The van der Waals surface area contributed by atoms with Gasteiger partial charge in [-0.05, 0) is 51.5 Å². The number of nitrogens with zero attached hydrogens (tertiary/aromatic N) is 2. The quantitative estimate of drug-likeness (QED) is 0.835. The van der Waals surface area contributed by atoms with Gasteiger partial charge in [-0.3, -0.25) is 9.88 Å². The zero-order valence-electron chi connectivity index (χ0n) is 10.2. The van der Waals surface area contributed by atoms with Gasteiger partial charge in [-0.15, -0.1) is 0 Å². The Hall–Kier alpha value is -0.930. The van der Waals surface area contributed by atoms with Gasteiger partial charge < -0.3 is 5.32 Å². The van der Waals surface area contributed by atoms with E-state index in [1.165, 1.54) is 25.2 Å². The fraction of sp³-hybridized carbons (Fsp3) is 0.615. The molecule has 2 rings (SSSR count). The first kappa shape index (κ1) is 11.6. The smallest absolute Gasteiger partial charge is 0.0572 e. The van der Waals surface area contributed by atoms with Crippen LogP contribution in [0.2, 0.25) is 0 Å². The molecule has 0 amide bonds. The third-order valence-corrected chi connectivity index (χ3v) is 3.47. The Morgan fingerprint density at radius 3 is 3.12 bits per heavy atom. The number of rotatable bonds is 4. The summed E-state index contributed by atoms with van der Waals surface area (Å²) >= 11 is 0. The van der Waals surface area contributed by atoms with Crippen molar-refractivity contribution >= 4 is 0 Å². The second-order valence-corrected chi connectivity index (χ2v) is 4.64. The molecule has 1 fully saturated rings. The van der Waals surface area contributed by atoms with E-state index >= 15 is 0 Å². The summed E-state index contributed by atoms with van der Waals surface area (Å²) < 4.78 is 0. The Labute approximate surface area is 97.9 Å². The first-order valence-electron chi connectivity index (χ1n) is 6.11. The van der Waals surface area contributed by atoms with Crippen LogP contribution in [-0.2, 0) is 0 Å². The molecular weight excluding hydrogens is 198 g/mol. The van der Waals surface area contributed by atoms with Crippen LogP contribution in [0.5, 0.6) is 0 Å². The van der Waals surface area contributed by atoms with Crippen LogP contribution in [0.1, 0.15) is 25.1 Å². The fourth-order valence-corrected chi connectivity index (χ4v) is 2.48. The molecule has 1 aliphatic rings. The van der Waals surface area contributed by atoms with Gasteiger partial charge in [-0.25, -0.2) is 0 Å². The van der Waals surface area contributed by atoms with Crippen LogP contribution in [0.3, 0.4) is 0 Å². The molecule has 1 aromatic heterocycles. The standard InChI is InChI=1S/C13H21N3/c1-11(13-5-3-4-7-15-13)16-8-6-12(10-16)9-14-2/h3-5,7,11-12,14H,6,8-10H2,1-2H3. The topological polar surface area (TPSA) is 28.2 Å². The van der Waals surface area contributed by atoms with Gasteiger partial charge in [-0.2, -0.15) is 0 Å². The lowest BCUT2D eigenvalue weighted by atomic mass is 10.1.